The summed E-state index contributed by atoms with van der Waals surface area (Å²) in [6.07, 6.45) is 0. The second-order valence-corrected chi connectivity index (χ2v) is 3.55. The van der Waals surface area contributed by atoms with Crippen LogP contribution in [0.15, 0.2) is 0 Å². The van der Waals surface area contributed by atoms with Crippen molar-refractivity contribution >= 4 is 15.6 Å². The molecule has 0 heterocycles. The first-order chi connectivity index (χ1) is 3.71. The molecule has 0 spiro atoms. The quantitative estimate of drug-likeness (QED) is 0.418. The van der Waals surface area contributed by atoms with Crippen molar-refractivity contribution in [3.63, 3.8) is 0 Å². The van der Waals surface area contributed by atoms with Crippen molar-refractivity contribution in [3.8, 4) is 0 Å². The maximum absolute atomic E-state index is 9.55. The number of rotatable bonds is 2. The van der Waals surface area contributed by atoms with Gasteiger partial charge in [-0.05, 0) is 0 Å². The van der Waals surface area contributed by atoms with Crippen LogP contribution in [0.5, 0.6) is 0 Å². The van der Waals surface area contributed by atoms with Crippen LogP contribution in [0.25, 0.3) is 0 Å². The molecule has 0 aliphatic heterocycles. The summed E-state index contributed by atoms with van der Waals surface area (Å²) in [6.45, 7) is 0. The van der Waals surface area contributed by atoms with E-state index in [4.69, 9.17) is 9.79 Å². The third kappa shape index (κ3) is 11.6. The van der Waals surface area contributed by atoms with Crippen molar-refractivity contribution in [2.75, 3.05) is 0 Å². The largest absolute Gasteiger partial charge is 2.00 e. The molecule has 1 radical (unpaired) electrons. The Morgan fingerprint density at radius 2 is 1.50 bits per heavy atom. The van der Waals surface area contributed by atoms with Crippen LogP contribution in [0, 0.1) is 0 Å². The van der Waals surface area contributed by atoms with Gasteiger partial charge in [0.15, 0.2) is 0 Å². The van der Waals surface area contributed by atoms with E-state index in [9.17, 15) is 18.9 Å². The Labute approximate surface area is 66.4 Å². The average Bonchev–Trinajstić information content (AvgIpc) is 1.14. The SMILES string of the molecule is O=P([O-])([O-])OP(=O)(O)O.[Cu+2]. The zero-order valence-corrected chi connectivity index (χ0v) is 6.86. The minimum absolute atomic E-state index is 0. The fourth-order valence-corrected chi connectivity index (χ4v) is 1.17. The van der Waals surface area contributed by atoms with Crippen LogP contribution in [0.1, 0.15) is 0 Å². The summed E-state index contributed by atoms with van der Waals surface area (Å²) in [6, 6.07) is 0. The summed E-state index contributed by atoms with van der Waals surface area (Å²) in [4.78, 5) is 34.1. The Morgan fingerprint density at radius 1 is 1.20 bits per heavy atom. The fourth-order valence-electron chi connectivity index (χ4n) is 0.130. The zero-order valence-electron chi connectivity index (χ0n) is 4.13. The molecule has 2 N–H and O–H groups in total. The van der Waals surface area contributed by atoms with Crippen LogP contribution in [-0.2, 0) is 30.5 Å². The molecule has 0 rings (SSSR count). The van der Waals surface area contributed by atoms with Gasteiger partial charge in [0.1, 0.15) is 0 Å². The van der Waals surface area contributed by atoms with Crippen molar-refractivity contribution in [2.24, 2.45) is 0 Å². The number of hydrogen-bond donors (Lipinski definition) is 2. The van der Waals surface area contributed by atoms with Gasteiger partial charge >= 0.3 is 24.9 Å². The minimum Gasteiger partial charge on any atom is -0.789 e. The van der Waals surface area contributed by atoms with Gasteiger partial charge in [-0.25, -0.2) is 4.57 Å². The zero-order chi connectivity index (χ0) is 7.71. The molecule has 0 aromatic rings. The van der Waals surface area contributed by atoms with Crippen LogP contribution < -0.4 is 9.79 Å². The monoisotopic (exact) mass is 239 g/mol. The molecule has 0 saturated heterocycles. The molecule has 0 saturated carbocycles. The van der Waals surface area contributed by atoms with Gasteiger partial charge in [0.25, 0.3) is 0 Å². The van der Waals surface area contributed by atoms with E-state index in [2.05, 4.69) is 4.31 Å². The molecule has 10 heteroatoms. The minimum atomic E-state index is -5.55. The molecule has 0 amide bonds. The van der Waals surface area contributed by atoms with E-state index in [1.807, 2.05) is 0 Å². The Morgan fingerprint density at radius 3 is 1.50 bits per heavy atom. The van der Waals surface area contributed by atoms with E-state index in [1.54, 1.807) is 0 Å². The van der Waals surface area contributed by atoms with Crippen LogP contribution >= 0.6 is 15.6 Å². The van der Waals surface area contributed by atoms with Gasteiger partial charge in [0.05, 0.1) is 7.82 Å². The van der Waals surface area contributed by atoms with Gasteiger partial charge in [-0.2, -0.15) is 0 Å². The molecule has 65 valence electrons. The summed E-state index contributed by atoms with van der Waals surface area (Å²) in [7, 11) is -10.7. The summed E-state index contributed by atoms with van der Waals surface area (Å²) in [5, 5.41) is 0. The normalized spacial score (nSPS) is 12.4. The Kier molecular flexibility index (Phi) is 5.31. The topological polar surface area (TPSA) is 130 Å². The maximum atomic E-state index is 9.55. The smallest absolute Gasteiger partial charge is 0.789 e. The van der Waals surface area contributed by atoms with Crippen molar-refractivity contribution in [1.29, 1.82) is 0 Å². The van der Waals surface area contributed by atoms with E-state index in [0.29, 0.717) is 0 Å². The molecular weight excluding hydrogens is 237 g/mol. The second kappa shape index (κ2) is 3.97. The van der Waals surface area contributed by atoms with Gasteiger partial charge in [-0.3, -0.25) is 4.31 Å². The molecule has 7 nitrogen and oxygen atoms in total. The Balaban J connectivity index is 0. The summed E-state index contributed by atoms with van der Waals surface area (Å²) < 4.78 is 21.7. The number of hydrogen-bond acceptors (Lipinski definition) is 5. The molecule has 0 aliphatic rings. The number of phosphoric acid groups is 2. The van der Waals surface area contributed by atoms with Crippen LogP contribution in [-0.4, -0.2) is 9.79 Å². The first-order valence-corrected chi connectivity index (χ1v) is 4.49. The van der Waals surface area contributed by atoms with Crippen molar-refractivity contribution < 1.29 is 50.1 Å². The van der Waals surface area contributed by atoms with Crippen molar-refractivity contribution in [1.82, 2.24) is 0 Å². The Hall–Kier alpha value is 0.779. The Bertz CT molecular complexity index is 152. The van der Waals surface area contributed by atoms with Gasteiger partial charge < -0.3 is 24.1 Å². The molecule has 0 bridgehead atoms. The standard InChI is InChI=1S/Cu.H4O7P2/c;1-8(2,3)7-9(4,5)6/h;(H2,1,2,3)(H2,4,5,6)/q+2;/p-2. The molecule has 0 fully saturated rings. The van der Waals surface area contributed by atoms with E-state index >= 15 is 0 Å². The van der Waals surface area contributed by atoms with Crippen molar-refractivity contribution in [2.45, 2.75) is 0 Å². The predicted molar refractivity (Wildman–Crippen MR) is 20.7 cm³/mol. The first-order valence-electron chi connectivity index (χ1n) is 1.50. The van der Waals surface area contributed by atoms with Crippen LogP contribution in [0.2, 0.25) is 0 Å². The van der Waals surface area contributed by atoms with Gasteiger partial charge in [0, 0.05) is 0 Å². The van der Waals surface area contributed by atoms with Crippen LogP contribution in [0.3, 0.4) is 0 Å². The third-order valence-corrected chi connectivity index (χ3v) is 1.86. The average molecular weight is 240 g/mol. The summed E-state index contributed by atoms with van der Waals surface area (Å²) in [5.41, 5.74) is 0. The molecular formula is H2CuO7P2. The first kappa shape index (κ1) is 13.4. The molecule has 0 atom stereocenters. The van der Waals surface area contributed by atoms with E-state index in [-0.39, 0.29) is 17.1 Å². The maximum Gasteiger partial charge on any atom is 2.00 e. The van der Waals surface area contributed by atoms with E-state index in [0.717, 1.165) is 0 Å². The molecule has 0 aromatic carbocycles. The molecule has 0 aromatic heterocycles. The molecule has 0 aliphatic carbocycles. The van der Waals surface area contributed by atoms with E-state index < -0.39 is 15.6 Å². The molecule has 0 unspecified atom stereocenters. The van der Waals surface area contributed by atoms with Gasteiger partial charge in [-0.15, -0.1) is 0 Å². The molecule has 10 heavy (non-hydrogen) atoms. The van der Waals surface area contributed by atoms with Gasteiger partial charge in [0.2, 0.25) is 0 Å². The van der Waals surface area contributed by atoms with Crippen LogP contribution in [0.4, 0.5) is 0 Å². The summed E-state index contributed by atoms with van der Waals surface area (Å²) >= 11 is 0. The fraction of sp³-hybridized carbons (Fsp3) is 0. The van der Waals surface area contributed by atoms with Crippen molar-refractivity contribution in [3.05, 3.63) is 0 Å². The second-order valence-electron chi connectivity index (χ2n) is 1.02. The van der Waals surface area contributed by atoms with Gasteiger partial charge in [-0.1, -0.05) is 0 Å². The van der Waals surface area contributed by atoms with E-state index in [1.165, 1.54) is 0 Å². The third-order valence-electron chi connectivity index (χ3n) is 0.206. The predicted octanol–water partition coefficient (Wildman–Crippen LogP) is -2.08. The summed E-state index contributed by atoms with van der Waals surface area (Å²) in [5.74, 6) is 0.